The minimum Gasteiger partial charge on any atom is -0.352 e. The lowest BCUT2D eigenvalue weighted by Gasteiger charge is -2.07. The molecule has 0 aliphatic heterocycles. The van der Waals surface area contributed by atoms with Crippen molar-refractivity contribution in [2.24, 2.45) is 5.73 Å². The van der Waals surface area contributed by atoms with Crippen LogP contribution in [0.2, 0.25) is 0 Å². The van der Waals surface area contributed by atoms with Crippen molar-refractivity contribution in [1.82, 2.24) is 10.6 Å². The Morgan fingerprint density at radius 2 is 1.94 bits per heavy atom. The number of primary amides is 1. The van der Waals surface area contributed by atoms with Crippen molar-refractivity contribution in [3.63, 3.8) is 0 Å². The van der Waals surface area contributed by atoms with Gasteiger partial charge in [-0.2, -0.15) is 0 Å². The Morgan fingerprint density at radius 3 is 2.53 bits per heavy atom. The van der Waals surface area contributed by atoms with Crippen LogP contribution in [-0.2, 0) is 0 Å². The number of rotatable bonds is 4. The molecule has 0 aliphatic rings. The second-order valence-electron chi connectivity index (χ2n) is 3.14. The molecule has 0 spiro atoms. The van der Waals surface area contributed by atoms with E-state index in [1.807, 2.05) is 0 Å². The normalized spacial score (nSPS) is 9.76. The maximum atomic E-state index is 13.4. The van der Waals surface area contributed by atoms with Gasteiger partial charge < -0.3 is 16.4 Å². The summed E-state index contributed by atoms with van der Waals surface area (Å²) >= 11 is 3.09. The second kappa shape index (κ2) is 6.19. The Balaban J connectivity index is 2.55. The highest BCUT2D eigenvalue weighted by Crippen LogP contribution is 2.19. The lowest BCUT2D eigenvalue weighted by molar-refractivity contribution is 0.0949. The molecule has 92 valence electrons. The van der Waals surface area contributed by atoms with Gasteiger partial charge in [0, 0.05) is 17.6 Å². The molecule has 3 amide bonds. The molecule has 0 unspecified atom stereocenters. The maximum absolute atomic E-state index is 13.4. The van der Waals surface area contributed by atoms with Crippen molar-refractivity contribution in [3.05, 3.63) is 34.1 Å². The predicted octanol–water partition coefficient (Wildman–Crippen LogP) is 0.986. The summed E-state index contributed by atoms with van der Waals surface area (Å²) in [4.78, 5) is 22.0. The highest BCUT2D eigenvalue weighted by atomic mass is 79.9. The first-order chi connectivity index (χ1) is 8.02. The Morgan fingerprint density at radius 1 is 1.29 bits per heavy atom. The van der Waals surface area contributed by atoms with E-state index in [0.29, 0.717) is 4.47 Å². The molecule has 0 saturated heterocycles. The van der Waals surface area contributed by atoms with Gasteiger partial charge >= 0.3 is 6.03 Å². The molecular formula is C10H11BrFN3O2. The average molecular weight is 304 g/mol. The van der Waals surface area contributed by atoms with Gasteiger partial charge in [-0.1, -0.05) is 6.07 Å². The van der Waals surface area contributed by atoms with E-state index in [-0.39, 0.29) is 18.7 Å². The monoisotopic (exact) mass is 303 g/mol. The summed E-state index contributed by atoms with van der Waals surface area (Å²) in [6.07, 6.45) is 0. The van der Waals surface area contributed by atoms with E-state index in [9.17, 15) is 14.0 Å². The highest BCUT2D eigenvalue weighted by Gasteiger charge is 2.14. The summed E-state index contributed by atoms with van der Waals surface area (Å²) in [6.45, 7) is 0.357. The SMILES string of the molecule is NC(=O)NCCNC(=O)c1c(F)cccc1Br. The molecule has 7 heteroatoms. The van der Waals surface area contributed by atoms with Crippen LogP contribution in [0.1, 0.15) is 10.4 Å². The molecule has 0 fully saturated rings. The minimum absolute atomic E-state index is 0.0634. The molecule has 0 aliphatic carbocycles. The summed E-state index contributed by atoms with van der Waals surface area (Å²) in [5.74, 6) is -1.17. The summed E-state index contributed by atoms with van der Waals surface area (Å²) < 4.78 is 13.7. The van der Waals surface area contributed by atoms with Gasteiger partial charge in [0.15, 0.2) is 0 Å². The van der Waals surface area contributed by atoms with Crippen LogP contribution in [0.5, 0.6) is 0 Å². The quantitative estimate of drug-likeness (QED) is 0.725. The zero-order chi connectivity index (χ0) is 12.8. The van der Waals surface area contributed by atoms with Crippen LogP contribution in [0, 0.1) is 5.82 Å². The van der Waals surface area contributed by atoms with E-state index in [2.05, 4.69) is 26.6 Å². The number of hydrogen-bond donors (Lipinski definition) is 3. The molecule has 5 nitrogen and oxygen atoms in total. The van der Waals surface area contributed by atoms with E-state index in [4.69, 9.17) is 5.73 Å². The van der Waals surface area contributed by atoms with Gasteiger partial charge in [-0.25, -0.2) is 9.18 Å². The Kier molecular flexibility index (Phi) is 4.89. The van der Waals surface area contributed by atoms with Crippen molar-refractivity contribution in [3.8, 4) is 0 Å². The number of halogens is 2. The Hall–Kier alpha value is -1.63. The summed E-state index contributed by atoms with van der Waals surface area (Å²) in [6, 6.07) is 3.58. The molecule has 1 aromatic rings. The van der Waals surface area contributed by atoms with E-state index >= 15 is 0 Å². The van der Waals surface area contributed by atoms with Crippen molar-refractivity contribution >= 4 is 27.9 Å². The van der Waals surface area contributed by atoms with Crippen LogP contribution in [0.4, 0.5) is 9.18 Å². The molecular weight excluding hydrogens is 293 g/mol. The number of amides is 3. The lowest BCUT2D eigenvalue weighted by atomic mass is 10.2. The largest absolute Gasteiger partial charge is 0.352 e. The van der Waals surface area contributed by atoms with Crippen molar-refractivity contribution in [2.75, 3.05) is 13.1 Å². The zero-order valence-corrected chi connectivity index (χ0v) is 10.4. The number of carbonyl (C=O) groups excluding carboxylic acids is 2. The molecule has 0 saturated carbocycles. The van der Waals surface area contributed by atoms with Gasteiger partial charge in [0.2, 0.25) is 0 Å². The van der Waals surface area contributed by atoms with Crippen LogP contribution in [-0.4, -0.2) is 25.0 Å². The summed E-state index contributed by atoms with van der Waals surface area (Å²) in [7, 11) is 0. The van der Waals surface area contributed by atoms with E-state index < -0.39 is 17.8 Å². The van der Waals surface area contributed by atoms with Gasteiger partial charge in [0.05, 0.1) is 5.56 Å². The molecule has 0 radical (unpaired) electrons. The van der Waals surface area contributed by atoms with E-state index in [1.165, 1.54) is 12.1 Å². The van der Waals surface area contributed by atoms with Gasteiger partial charge in [-0.3, -0.25) is 4.79 Å². The second-order valence-corrected chi connectivity index (χ2v) is 4.00. The molecule has 17 heavy (non-hydrogen) atoms. The van der Waals surface area contributed by atoms with Crippen LogP contribution in [0.3, 0.4) is 0 Å². The Bertz CT molecular complexity index is 419. The van der Waals surface area contributed by atoms with Crippen molar-refractivity contribution < 1.29 is 14.0 Å². The number of nitrogens with one attached hydrogen (secondary N) is 2. The third-order valence-corrected chi connectivity index (χ3v) is 2.56. The number of urea groups is 1. The Labute approximate surface area is 106 Å². The number of hydrogen-bond acceptors (Lipinski definition) is 2. The van der Waals surface area contributed by atoms with Gasteiger partial charge in [-0.15, -0.1) is 0 Å². The number of benzene rings is 1. The third-order valence-electron chi connectivity index (χ3n) is 1.90. The predicted molar refractivity (Wildman–Crippen MR) is 64.0 cm³/mol. The molecule has 0 atom stereocenters. The fraction of sp³-hybridized carbons (Fsp3) is 0.200. The summed E-state index contributed by atoms with van der Waals surface area (Å²) in [5.41, 5.74) is 4.78. The van der Waals surface area contributed by atoms with E-state index in [1.54, 1.807) is 6.07 Å². The van der Waals surface area contributed by atoms with Crippen LogP contribution in [0.15, 0.2) is 22.7 Å². The average Bonchev–Trinajstić information content (AvgIpc) is 2.24. The summed E-state index contributed by atoms with van der Waals surface area (Å²) in [5, 5.41) is 4.76. The van der Waals surface area contributed by atoms with E-state index in [0.717, 1.165) is 0 Å². The van der Waals surface area contributed by atoms with Gasteiger partial charge in [0.25, 0.3) is 5.91 Å². The molecule has 1 aromatic carbocycles. The molecule has 1 rings (SSSR count). The fourth-order valence-electron chi connectivity index (χ4n) is 1.16. The molecule has 0 aromatic heterocycles. The molecule has 0 heterocycles. The molecule has 0 bridgehead atoms. The minimum atomic E-state index is -0.675. The third kappa shape index (κ3) is 4.03. The molecule has 4 N–H and O–H groups in total. The number of carbonyl (C=O) groups is 2. The smallest absolute Gasteiger partial charge is 0.312 e. The fourth-order valence-corrected chi connectivity index (χ4v) is 1.69. The van der Waals surface area contributed by atoms with Crippen LogP contribution >= 0.6 is 15.9 Å². The van der Waals surface area contributed by atoms with Gasteiger partial charge in [0.1, 0.15) is 5.82 Å². The first-order valence-corrected chi connectivity index (χ1v) is 5.57. The topological polar surface area (TPSA) is 84.2 Å². The van der Waals surface area contributed by atoms with Crippen LogP contribution < -0.4 is 16.4 Å². The van der Waals surface area contributed by atoms with Crippen molar-refractivity contribution in [1.29, 1.82) is 0 Å². The first kappa shape index (κ1) is 13.4. The van der Waals surface area contributed by atoms with Crippen LogP contribution in [0.25, 0.3) is 0 Å². The first-order valence-electron chi connectivity index (χ1n) is 4.78. The number of nitrogens with two attached hydrogens (primary N) is 1. The van der Waals surface area contributed by atoms with Crippen molar-refractivity contribution in [2.45, 2.75) is 0 Å². The standard InChI is InChI=1S/C10H11BrFN3O2/c11-6-2-1-3-7(12)8(6)9(16)14-4-5-15-10(13)17/h1-3H,4-5H2,(H,14,16)(H3,13,15,17). The van der Waals surface area contributed by atoms with Gasteiger partial charge in [-0.05, 0) is 28.1 Å². The highest BCUT2D eigenvalue weighted by molar-refractivity contribution is 9.10. The maximum Gasteiger partial charge on any atom is 0.312 e. The lowest BCUT2D eigenvalue weighted by Crippen LogP contribution is -2.37. The zero-order valence-electron chi connectivity index (χ0n) is 8.80.